The second-order valence-electron chi connectivity index (χ2n) is 4.41. The van der Waals surface area contributed by atoms with E-state index in [1.54, 1.807) is 0 Å². The average molecular weight is 296 g/mol. The van der Waals surface area contributed by atoms with Crippen molar-refractivity contribution in [1.29, 1.82) is 0 Å². The van der Waals surface area contributed by atoms with Crippen LogP contribution >= 0.6 is 11.6 Å². The molecule has 2 N–H and O–H groups in total. The third-order valence-electron chi connectivity index (χ3n) is 2.92. The van der Waals surface area contributed by atoms with Gasteiger partial charge in [-0.1, -0.05) is 6.92 Å². The third kappa shape index (κ3) is 3.57. The molecule has 0 bridgehead atoms. The second kappa shape index (κ2) is 6.51. The van der Waals surface area contributed by atoms with Gasteiger partial charge in [-0.25, -0.2) is 0 Å². The van der Waals surface area contributed by atoms with E-state index in [9.17, 15) is 0 Å². The highest BCUT2D eigenvalue weighted by atomic mass is 35.5. The van der Waals surface area contributed by atoms with E-state index in [4.69, 9.17) is 11.6 Å². The highest BCUT2D eigenvalue weighted by Crippen LogP contribution is 2.12. The standard InChI is InChI=1S/C12H18ClN7/c1-4-5-14-11-17-10(13)18-12(19-11)15-6-9-7-16-20(3)8(9)2/h7H,4-6H2,1-3H3,(H2,14,15,17,18,19). The summed E-state index contributed by atoms with van der Waals surface area (Å²) in [6.07, 6.45) is 2.81. The third-order valence-corrected chi connectivity index (χ3v) is 3.08. The van der Waals surface area contributed by atoms with Crippen LogP contribution in [0.3, 0.4) is 0 Å². The van der Waals surface area contributed by atoms with Gasteiger partial charge in [0.25, 0.3) is 0 Å². The highest BCUT2D eigenvalue weighted by Gasteiger charge is 2.07. The maximum atomic E-state index is 5.89. The fourth-order valence-electron chi connectivity index (χ4n) is 1.64. The van der Waals surface area contributed by atoms with Gasteiger partial charge in [0.1, 0.15) is 0 Å². The summed E-state index contributed by atoms with van der Waals surface area (Å²) in [5.74, 6) is 0.934. The zero-order valence-electron chi connectivity index (χ0n) is 11.8. The number of nitrogens with zero attached hydrogens (tertiary/aromatic N) is 5. The zero-order valence-corrected chi connectivity index (χ0v) is 12.6. The number of anilines is 2. The number of rotatable bonds is 6. The minimum absolute atomic E-state index is 0.170. The number of nitrogens with one attached hydrogen (secondary N) is 2. The molecule has 0 aliphatic carbocycles. The summed E-state index contributed by atoms with van der Waals surface area (Å²) in [6, 6.07) is 0. The maximum Gasteiger partial charge on any atom is 0.229 e. The molecule has 0 fully saturated rings. The number of aromatic nitrogens is 5. The Morgan fingerprint density at radius 2 is 1.90 bits per heavy atom. The predicted molar refractivity (Wildman–Crippen MR) is 78.9 cm³/mol. The van der Waals surface area contributed by atoms with Crippen molar-refractivity contribution in [2.45, 2.75) is 26.8 Å². The molecule has 0 spiro atoms. The van der Waals surface area contributed by atoms with Crippen molar-refractivity contribution in [3.8, 4) is 0 Å². The number of hydrogen-bond acceptors (Lipinski definition) is 6. The van der Waals surface area contributed by atoms with Crippen LogP contribution in [0.15, 0.2) is 6.20 Å². The Kier molecular flexibility index (Phi) is 4.73. The first-order valence-corrected chi connectivity index (χ1v) is 6.84. The number of hydrogen-bond donors (Lipinski definition) is 2. The van der Waals surface area contributed by atoms with Gasteiger partial charge in [0.15, 0.2) is 0 Å². The Morgan fingerprint density at radius 3 is 2.50 bits per heavy atom. The summed E-state index contributed by atoms with van der Waals surface area (Å²) in [4.78, 5) is 12.3. The highest BCUT2D eigenvalue weighted by molar-refractivity contribution is 6.28. The molecule has 8 heteroatoms. The molecule has 2 rings (SSSR count). The summed E-state index contributed by atoms with van der Waals surface area (Å²) < 4.78 is 1.83. The van der Waals surface area contributed by atoms with Crippen LogP contribution in [0.5, 0.6) is 0 Å². The SMILES string of the molecule is CCCNc1nc(Cl)nc(NCc2cnn(C)c2C)n1. The molecule has 2 aromatic rings. The lowest BCUT2D eigenvalue weighted by Gasteiger charge is -2.07. The van der Waals surface area contributed by atoms with E-state index in [1.807, 2.05) is 24.9 Å². The summed E-state index contributed by atoms with van der Waals surface area (Å²) >= 11 is 5.89. The minimum atomic E-state index is 0.170. The van der Waals surface area contributed by atoms with Crippen LogP contribution in [0.25, 0.3) is 0 Å². The maximum absolute atomic E-state index is 5.89. The lowest BCUT2D eigenvalue weighted by molar-refractivity contribution is 0.738. The summed E-state index contributed by atoms with van der Waals surface area (Å²) in [6.45, 7) is 5.47. The molecule has 0 aliphatic heterocycles. The molecule has 0 radical (unpaired) electrons. The molecule has 0 saturated heterocycles. The Balaban J connectivity index is 2.05. The molecular formula is C12H18ClN7. The largest absolute Gasteiger partial charge is 0.354 e. The fraction of sp³-hybridized carbons (Fsp3) is 0.500. The van der Waals surface area contributed by atoms with Gasteiger partial charge < -0.3 is 10.6 Å². The van der Waals surface area contributed by atoms with E-state index >= 15 is 0 Å². The predicted octanol–water partition coefficient (Wildman–Crippen LogP) is 2.00. The average Bonchev–Trinajstić information content (AvgIpc) is 2.74. The van der Waals surface area contributed by atoms with E-state index in [-0.39, 0.29) is 5.28 Å². The van der Waals surface area contributed by atoms with E-state index in [0.717, 1.165) is 24.2 Å². The molecular weight excluding hydrogens is 278 g/mol. The molecule has 0 aromatic carbocycles. The van der Waals surface area contributed by atoms with Crippen molar-refractivity contribution >= 4 is 23.5 Å². The van der Waals surface area contributed by atoms with Crippen molar-refractivity contribution in [3.63, 3.8) is 0 Å². The van der Waals surface area contributed by atoms with Crippen molar-refractivity contribution in [2.75, 3.05) is 17.2 Å². The first-order chi connectivity index (χ1) is 9.60. The lowest BCUT2D eigenvalue weighted by atomic mass is 10.2. The Bertz CT molecular complexity index is 581. The van der Waals surface area contributed by atoms with E-state index < -0.39 is 0 Å². The van der Waals surface area contributed by atoms with Gasteiger partial charge in [0.05, 0.1) is 6.20 Å². The quantitative estimate of drug-likeness (QED) is 0.848. The monoisotopic (exact) mass is 295 g/mol. The Hall–Kier alpha value is -1.89. The molecule has 7 nitrogen and oxygen atoms in total. The normalized spacial score (nSPS) is 10.6. The minimum Gasteiger partial charge on any atom is -0.354 e. The summed E-state index contributed by atoms with van der Waals surface area (Å²) in [7, 11) is 1.91. The first kappa shape index (κ1) is 14.5. The van der Waals surface area contributed by atoms with Crippen LogP contribution in [-0.4, -0.2) is 31.3 Å². The van der Waals surface area contributed by atoms with E-state index in [2.05, 4.69) is 37.6 Å². The summed E-state index contributed by atoms with van der Waals surface area (Å²) in [5.41, 5.74) is 2.19. The van der Waals surface area contributed by atoms with Gasteiger partial charge in [0.2, 0.25) is 17.2 Å². The van der Waals surface area contributed by atoms with Crippen molar-refractivity contribution < 1.29 is 0 Å². The van der Waals surface area contributed by atoms with Gasteiger partial charge in [-0.2, -0.15) is 20.1 Å². The zero-order chi connectivity index (χ0) is 14.5. The van der Waals surface area contributed by atoms with Crippen molar-refractivity contribution in [3.05, 3.63) is 22.7 Å². The van der Waals surface area contributed by atoms with Gasteiger partial charge in [-0.3, -0.25) is 4.68 Å². The van der Waals surface area contributed by atoms with Crippen LogP contribution in [0.1, 0.15) is 24.6 Å². The summed E-state index contributed by atoms with van der Waals surface area (Å²) in [5, 5.41) is 10.6. The van der Waals surface area contributed by atoms with Crippen LogP contribution < -0.4 is 10.6 Å². The number of halogens is 1. The van der Waals surface area contributed by atoms with Crippen molar-refractivity contribution in [2.24, 2.45) is 7.05 Å². The van der Waals surface area contributed by atoms with Gasteiger partial charge in [-0.05, 0) is 24.9 Å². The smallest absolute Gasteiger partial charge is 0.229 e. The van der Waals surface area contributed by atoms with Crippen LogP contribution in [0.2, 0.25) is 5.28 Å². The fourth-order valence-corrected chi connectivity index (χ4v) is 1.80. The molecule has 2 heterocycles. The lowest BCUT2D eigenvalue weighted by Crippen LogP contribution is -2.10. The van der Waals surface area contributed by atoms with Crippen molar-refractivity contribution in [1.82, 2.24) is 24.7 Å². The van der Waals surface area contributed by atoms with Gasteiger partial charge in [-0.15, -0.1) is 0 Å². The molecule has 0 amide bonds. The van der Waals surface area contributed by atoms with Crippen LogP contribution in [0, 0.1) is 6.92 Å². The molecule has 0 saturated carbocycles. The second-order valence-corrected chi connectivity index (χ2v) is 4.75. The van der Waals surface area contributed by atoms with Crippen LogP contribution in [-0.2, 0) is 13.6 Å². The molecule has 0 atom stereocenters. The van der Waals surface area contributed by atoms with E-state index in [1.165, 1.54) is 0 Å². The van der Waals surface area contributed by atoms with E-state index in [0.29, 0.717) is 18.4 Å². The van der Waals surface area contributed by atoms with Gasteiger partial charge in [0, 0.05) is 31.4 Å². The molecule has 108 valence electrons. The van der Waals surface area contributed by atoms with Gasteiger partial charge >= 0.3 is 0 Å². The van der Waals surface area contributed by atoms with Crippen LogP contribution in [0.4, 0.5) is 11.9 Å². The molecule has 20 heavy (non-hydrogen) atoms. The first-order valence-electron chi connectivity index (χ1n) is 6.47. The molecule has 0 unspecified atom stereocenters. The number of aryl methyl sites for hydroxylation is 1. The molecule has 0 aliphatic rings. The Morgan fingerprint density at radius 1 is 1.20 bits per heavy atom. The molecule has 2 aromatic heterocycles. The Labute approximate surface area is 122 Å². The topological polar surface area (TPSA) is 80.5 Å².